The van der Waals surface area contributed by atoms with Gasteiger partial charge in [-0.2, -0.15) is 9.78 Å². The van der Waals surface area contributed by atoms with Crippen LogP contribution < -0.4 is 5.46 Å². The Morgan fingerprint density at radius 2 is 1.83 bits per heavy atom. The van der Waals surface area contributed by atoms with Crippen LogP contribution in [0, 0.1) is 6.92 Å². The van der Waals surface area contributed by atoms with Gasteiger partial charge in [0.05, 0.1) is 16.9 Å². The Morgan fingerprint density at radius 3 is 2.22 bits per heavy atom. The number of carboxylic acid groups (broad SMARTS) is 1. The molecule has 7 heteroatoms. The summed E-state index contributed by atoms with van der Waals surface area (Å²) < 4.78 is 12.6. The van der Waals surface area contributed by atoms with Crippen molar-refractivity contribution in [3.05, 3.63) is 11.9 Å². The number of carbonyl (C=O) groups is 1. The highest BCUT2D eigenvalue weighted by Crippen LogP contribution is 2.36. The lowest BCUT2D eigenvalue weighted by molar-refractivity contribution is 0.00578. The van der Waals surface area contributed by atoms with Gasteiger partial charge >= 0.3 is 13.2 Å². The Morgan fingerprint density at radius 1 is 1.33 bits per heavy atom. The van der Waals surface area contributed by atoms with Gasteiger partial charge in [-0.1, -0.05) is 0 Å². The Labute approximate surface area is 106 Å². The SMILES string of the molecule is Cc1nn(C(=O)O)cc1B1OC(C)(C)C(C)(C)O1. The molecule has 1 aliphatic rings. The predicted molar refractivity (Wildman–Crippen MR) is 66.1 cm³/mol. The molecule has 1 aromatic rings. The normalized spacial score (nSPS) is 21.3. The van der Waals surface area contributed by atoms with Crippen LogP contribution in [0.4, 0.5) is 4.79 Å². The summed E-state index contributed by atoms with van der Waals surface area (Å²) in [5, 5.41) is 12.8. The molecule has 0 aromatic carbocycles. The van der Waals surface area contributed by atoms with Gasteiger partial charge in [-0.25, -0.2) is 4.79 Å². The molecule has 0 saturated carbocycles. The molecule has 0 spiro atoms. The quantitative estimate of drug-likeness (QED) is 0.755. The summed E-state index contributed by atoms with van der Waals surface area (Å²) in [7, 11) is -0.580. The molecule has 1 aliphatic heterocycles. The van der Waals surface area contributed by atoms with Crippen molar-refractivity contribution in [2.75, 3.05) is 0 Å². The summed E-state index contributed by atoms with van der Waals surface area (Å²) in [4.78, 5) is 10.9. The smallest absolute Gasteiger partial charge is 0.463 e. The summed E-state index contributed by atoms with van der Waals surface area (Å²) in [5.74, 6) is 0. The van der Waals surface area contributed by atoms with E-state index in [1.165, 1.54) is 6.20 Å². The average molecular weight is 252 g/mol. The summed E-state index contributed by atoms with van der Waals surface area (Å²) >= 11 is 0. The van der Waals surface area contributed by atoms with Gasteiger partial charge in [0.1, 0.15) is 0 Å². The minimum atomic E-state index is -1.12. The molecule has 2 rings (SSSR count). The number of aromatic nitrogens is 2. The molecule has 1 saturated heterocycles. The van der Waals surface area contributed by atoms with Crippen LogP contribution in [0.25, 0.3) is 0 Å². The second kappa shape index (κ2) is 3.83. The van der Waals surface area contributed by atoms with E-state index in [1.807, 2.05) is 27.7 Å². The molecule has 0 radical (unpaired) electrons. The molecule has 18 heavy (non-hydrogen) atoms. The first kappa shape index (κ1) is 13.1. The lowest BCUT2D eigenvalue weighted by atomic mass is 9.79. The van der Waals surface area contributed by atoms with Crippen LogP contribution >= 0.6 is 0 Å². The highest BCUT2D eigenvalue weighted by Gasteiger charge is 2.52. The Balaban J connectivity index is 2.32. The number of hydrogen-bond acceptors (Lipinski definition) is 4. The lowest BCUT2D eigenvalue weighted by Gasteiger charge is -2.32. The molecular weight excluding hydrogens is 235 g/mol. The maximum atomic E-state index is 10.9. The molecule has 0 atom stereocenters. The third kappa shape index (κ3) is 1.93. The van der Waals surface area contributed by atoms with Crippen molar-refractivity contribution in [1.29, 1.82) is 0 Å². The third-order valence-electron chi connectivity index (χ3n) is 3.64. The molecule has 1 N–H and O–H groups in total. The van der Waals surface area contributed by atoms with E-state index in [1.54, 1.807) is 6.92 Å². The van der Waals surface area contributed by atoms with Crippen molar-refractivity contribution < 1.29 is 19.2 Å². The molecule has 0 aliphatic carbocycles. The summed E-state index contributed by atoms with van der Waals surface area (Å²) in [6.07, 6.45) is 0.306. The summed E-state index contributed by atoms with van der Waals surface area (Å²) in [5.41, 5.74) is 0.345. The van der Waals surface area contributed by atoms with E-state index in [0.717, 1.165) is 4.68 Å². The first-order valence-electron chi connectivity index (χ1n) is 5.79. The molecule has 1 fully saturated rings. The van der Waals surface area contributed by atoms with E-state index < -0.39 is 24.4 Å². The fourth-order valence-electron chi connectivity index (χ4n) is 1.77. The fourth-order valence-corrected chi connectivity index (χ4v) is 1.77. The first-order valence-corrected chi connectivity index (χ1v) is 5.79. The van der Waals surface area contributed by atoms with E-state index in [9.17, 15) is 4.79 Å². The van der Waals surface area contributed by atoms with Crippen LogP contribution in [0.3, 0.4) is 0 Å². The molecule has 1 aromatic heterocycles. The van der Waals surface area contributed by atoms with Crippen molar-refractivity contribution >= 4 is 18.7 Å². The van der Waals surface area contributed by atoms with Crippen LogP contribution in [0.2, 0.25) is 0 Å². The molecule has 0 unspecified atom stereocenters. The first-order chi connectivity index (χ1) is 8.14. The lowest BCUT2D eigenvalue weighted by Crippen LogP contribution is -2.41. The number of hydrogen-bond donors (Lipinski definition) is 1. The highest BCUT2D eigenvalue weighted by molar-refractivity contribution is 6.62. The second-order valence-electron chi connectivity index (χ2n) is 5.49. The molecular formula is C11H17BN2O4. The minimum absolute atomic E-state index is 0.449. The van der Waals surface area contributed by atoms with Gasteiger partial charge in [0.2, 0.25) is 0 Å². The van der Waals surface area contributed by atoms with Gasteiger partial charge in [0.15, 0.2) is 0 Å². The van der Waals surface area contributed by atoms with Gasteiger partial charge in [-0.3, -0.25) is 0 Å². The van der Waals surface area contributed by atoms with Crippen LogP contribution in [0.5, 0.6) is 0 Å². The molecule has 2 heterocycles. The molecule has 98 valence electrons. The Kier molecular flexibility index (Phi) is 2.79. The zero-order valence-electron chi connectivity index (χ0n) is 11.2. The van der Waals surface area contributed by atoms with Crippen molar-refractivity contribution in [3.8, 4) is 0 Å². The standard InChI is InChI=1S/C11H17BN2O4/c1-7-8(6-14(13-7)9(15)16)12-17-10(2,3)11(4,5)18-12/h6H,1-5H3,(H,15,16). The molecule has 0 bridgehead atoms. The van der Waals surface area contributed by atoms with Gasteiger partial charge in [-0.15, -0.1) is 0 Å². The maximum absolute atomic E-state index is 10.9. The number of nitrogens with zero attached hydrogens (tertiary/aromatic N) is 2. The van der Waals surface area contributed by atoms with Crippen molar-refractivity contribution in [2.45, 2.75) is 45.8 Å². The predicted octanol–water partition coefficient (Wildman–Crippen LogP) is 1.02. The molecule has 0 amide bonds. The van der Waals surface area contributed by atoms with Crippen molar-refractivity contribution in [3.63, 3.8) is 0 Å². The van der Waals surface area contributed by atoms with Gasteiger partial charge in [0, 0.05) is 11.7 Å². The minimum Gasteiger partial charge on any atom is -0.463 e. The number of aryl methyl sites for hydroxylation is 1. The number of rotatable bonds is 1. The average Bonchev–Trinajstić information content (AvgIpc) is 2.66. The van der Waals surface area contributed by atoms with Crippen molar-refractivity contribution in [2.24, 2.45) is 0 Å². The third-order valence-corrected chi connectivity index (χ3v) is 3.64. The maximum Gasteiger partial charge on any atom is 0.498 e. The van der Waals surface area contributed by atoms with E-state index >= 15 is 0 Å². The largest absolute Gasteiger partial charge is 0.498 e. The summed E-state index contributed by atoms with van der Waals surface area (Å²) in [6.45, 7) is 9.53. The van der Waals surface area contributed by atoms with E-state index in [0.29, 0.717) is 11.2 Å². The van der Waals surface area contributed by atoms with Crippen molar-refractivity contribution in [1.82, 2.24) is 9.78 Å². The van der Waals surface area contributed by atoms with Crippen LogP contribution in [0.15, 0.2) is 6.20 Å². The van der Waals surface area contributed by atoms with E-state index in [4.69, 9.17) is 14.4 Å². The Bertz CT molecular complexity index is 479. The zero-order valence-corrected chi connectivity index (χ0v) is 11.2. The Hall–Kier alpha value is -1.34. The highest BCUT2D eigenvalue weighted by atomic mass is 16.7. The molecule has 6 nitrogen and oxygen atoms in total. The van der Waals surface area contributed by atoms with Crippen LogP contribution in [-0.4, -0.2) is 39.3 Å². The second-order valence-corrected chi connectivity index (χ2v) is 5.49. The van der Waals surface area contributed by atoms with E-state index in [-0.39, 0.29) is 0 Å². The fraction of sp³-hybridized carbons (Fsp3) is 0.636. The monoisotopic (exact) mass is 252 g/mol. The van der Waals surface area contributed by atoms with Gasteiger partial charge in [0.25, 0.3) is 0 Å². The van der Waals surface area contributed by atoms with Gasteiger partial charge < -0.3 is 14.4 Å². The zero-order chi connectivity index (χ0) is 13.7. The topological polar surface area (TPSA) is 73.6 Å². The summed E-state index contributed by atoms with van der Waals surface area (Å²) in [6, 6.07) is 0. The van der Waals surface area contributed by atoms with Gasteiger partial charge in [-0.05, 0) is 34.6 Å². The van der Waals surface area contributed by atoms with Crippen LogP contribution in [0.1, 0.15) is 33.4 Å². The van der Waals surface area contributed by atoms with Crippen LogP contribution in [-0.2, 0) is 9.31 Å². The van der Waals surface area contributed by atoms with E-state index in [2.05, 4.69) is 5.10 Å².